The first kappa shape index (κ1) is 10.4. The van der Waals surface area contributed by atoms with Gasteiger partial charge in [0, 0.05) is 5.56 Å². The molecule has 1 aliphatic rings. The van der Waals surface area contributed by atoms with E-state index in [0.717, 1.165) is 16.2 Å². The zero-order valence-corrected chi connectivity index (χ0v) is 9.43. The highest BCUT2D eigenvalue weighted by atomic mass is 32.2. The Morgan fingerprint density at radius 1 is 1.53 bits per heavy atom. The van der Waals surface area contributed by atoms with Crippen LogP contribution in [0.5, 0.6) is 5.75 Å². The SMILES string of the molecule is CC1(C)Oc2c(CC(=O)O)cccc2S1. The molecule has 1 heterocycles. The predicted molar refractivity (Wildman–Crippen MR) is 58.3 cm³/mol. The van der Waals surface area contributed by atoms with Crippen molar-refractivity contribution < 1.29 is 14.6 Å². The summed E-state index contributed by atoms with van der Waals surface area (Å²) in [6, 6.07) is 5.63. The Hall–Kier alpha value is -1.16. The van der Waals surface area contributed by atoms with Crippen LogP contribution < -0.4 is 4.74 Å². The second-order valence-electron chi connectivity index (χ2n) is 3.92. The second kappa shape index (κ2) is 3.45. The van der Waals surface area contributed by atoms with Crippen LogP contribution in [-0.2, 0) is 11.2 Å². The number of carboxylic acid groups (broad SMARTS) is 1. The minimum atomic E-state index is -0.832. The van der Waals surface area contributed by atoms with Crippen LogP contribution in [0.2, 0.25) is 0 Å². The summed E-state index contributed by atoms with van der Waals surface area (Å²) in [5, 5.41) is 8.77. The molecular weight excluding hydrogens is 212 g/mol. The lowest BCUT2D eigenvalue weighted by Gasteiger charge is -2.16. The highest BCUT2D eigenvalue weighted by Crippen LogP contribution is 2.48. The second-order valence-corrected chi connectivity index (χ2v) is 5.55. The molecule has 0 saturated heterocycles. The van der Waals surface area contributed by atoms with Gasteiger partial charge in [-0.2, -0.15) is 0 Å². The minimum Gasteiger partial charge on any atom is -0.481 e. The van der Waals surface area contributed by atoms with Gasteiger partial charge in [-0.25, -0.2) is 0 Å². The standard InChI is InChI=1S/C11H12O3S/c1-11(2)14-10-7(6-9(12)13)4-3-5-8(10)15-11/h3-5H,6H2,1-2H3,(H,12,13). The smallest absolute Gasteiger partial charge is 0.307 e. The summed E-state index contributed by atoms with van der Waals surface area (Å²) in [5.41, 5.74) is 0.748. The highest BCUT2D eigenvalue weighted by Gasteiger charge is 2.32. The van der Waals surface area contributed by atoms with Crippen LogP contribution in [0.25, 0.3) is 0 Å². The Bertz CT molecular complexity index is 412. The third-order valence-electron chi connectivity index (χ3n) is 2.11. The Morgan fingerprint density at radius 2 is 2.27 bits per heavy atom. The molecule has 0 unspecified atom stereocenters. The van der Waals surface area contributed by atoms with Crippen LogP contribution in [-0.4, -0.2) is 16.0 Å². The van der Waals surface area contributed by atoms with Gasteiger partial charge < -0.3 is 9.84 Å². The van der Waals surface area contributed by atoms with Gasteiger partial charge in [-0.1, -0.05) is 23.9 Å². The quantitative estimate of drug-likeness (QED) is 0.838. The molecule has 0 aromatic heterocycles. The van der Waals surface area contributed by atoms with Crippen molar-refractivity contribution in [3.05, 3.63) is 23.8 Å². The summed E-state index contributed by atoms with van der Waals surface area (Å²) in [4.78, 5) is 11.4. The van der Waals surface area contributed by atoms with E-state index in [2.05, 4.69) is 0 Å². The van der Waals surface area contributed by atoms with Crippen LogP contribution >= 0.6 is 11.8 Å². The van der Waals surface area contributed by atoms with E-state index >= 15 is 0 Å². The Kier molecular flexibility index (Phi) is 2.38. The number of hydrogen-bond acceptors (Lipinski definition) is 3. The average Bonchev–Trinajstić information content (AvgIpc) is 2.39. The van der Waals surface area contributed by atoms with Crippen molar-refractivity contribution in [1.29, 1.82) is 0 Å². The number of rotatable bonds is 2. The van der Waals surface area contributed by atoms with Crippen LogP contribution in [0.4, 0.5) is 0 Å². The van der Waals surface area contributed by atoms with Crippen LogP contribution in [0, 0.1) is 0 Å². The van der Waals surface area contributed by atoms with Gasteiger partial charge in [-0.05, 0) is 19.9 Å². The van der Waals surface area contributed by atoms with Gasteiger partial charge in [0.2, 0.25) is 0 Å². The predicted octanol–water partition coefficient (Wildman–Crippen LogP) is 2.53. The molecule has 2 rings (SSSR count). The monoisotopic (exact) mass is 224 g/mol. The van der Waals surface area contributed by atoms with Crippen molar-refractivity contribution >= 4 is 17.7 Å². The molecule has 1 aromatic carbocycles. The summed E-state index contributed by atoms with van der Waals surface area (Å²) in [6.45, 7) is 3.95. The zero-order valence-electron chi connectivity index (χ0n) is 8.61. The number of carboxylic acids is 1. The molecule has 1 aliphatic heterocycles. The number of benzene rings is 1. The Balaban J connectivity index is 2.37. The summed E-state index contributed by atoms with van der Waals surface area (Å²) in [6.07, 6.45) is 0.0137. The van der Waals surface area contributed by atoms with Crippen molar-refractivity contribution in [2.75, 3.05) is 0 Å². The number of carbonyl (C=O) groups is 1. The number of hydrogen-bond donors (Lipinski definition) is 1. The van der Waals surface area contributed by atoms with E-state index in [9.17, 15) is 4.79 Å². The normalized spacial score (nSPS) is 16.9. The maximum atomic E-state index is 10.7. The lowest BCUT2D eigenvalue weighted by Crippen LogP contribution is -2.18. The molecular formula is C11H12O3S. The van der Waals surface area contributed by atoms with Crippen molar-refractivity contribution in [2.24, 2.45) is 0 Å². The van der Waals surface area contributed by atoms with E-state index in [1.165, 1.54) is 0 Å². The molecule has 1 aromatic rings. The third-order valence-corrected chi connectivity index (χ3v) is 3.22. The van der Waals surface area contributed by atoms with Gasteiger partial charge in [0.1, 0.15) is 5.75 Å². The zero-order chi connectivity index (χ0) is 11.1. The summed E-state index contributed by atoms with van der Waals surface area (Å²) < 4.78 is 5.73. The Morgan fingerprint density at radius 3 is 2.93 bits per heavy atom. The fourth-order valence-corrected chi connectivity index (χ4v) is 2.66. The summed E-state index contributed by atoms with van der Waals surface area (Å²) in [5.74, 6) is -0.100. The number of para-hydroxylation sites is 1. The van der Waals surface area contributed by atoms with Crippen molar-refractivity contribution in [3.8, 4) is 5.75 Å². The number of ether oxygens (including phenoxy) is 1. The lowest BCUT2D eigenvalue weighted by atomic mass is 10.1. The first-order valence-corrected chi connectivity index (χ1v) is 5.51. The number of fused-ring (bicyclic) bond motifs is 1. The van der Waals surface area contributed by atoms with E-state index in [1.54, 1.807) is 17.8 Å². The fraction of sp³-hybridized carbons (Fsp3) is 0.364. The first-order chi connectivity index (χ1) is 6.98. The molecule has 0 fully saturated rings. The molecule has 0 aliphatic carbocycles. The molecule has 0 radical (unpaired) electrons. The molecule has 1 N–H and O–H groups in total. The molecule has 0 atom stereocenters. The molecule has 80 valence electrons. The highest BCUT2D eigenvalue weighted by molar-refractivity contribution is 8.00. The van der Waals surface area contributed by atoms with E-state index in [4.69, 9.17) is 9.84 Å². The molecule has 15 heavy (non-hydrogen) atoms. The van der Waals surface area contributed by atoms with E-state index in [-0.39, 0.29) is 11.4 Å². The number of aliphatic carboxylic acids is 1. The molecule has 0 saturated carbocycles. The molecule has 4 heteroatoms. The van der Waals surface area contributed by atoms with Gasteiger partial charge in [-0.3, -0.25) is 4.79 Å². The van der Waals surface area contributed by atoms with Crippen LogP contribution in [0.1, 0.15) is 19.4 Å². The maximum absolute atomic E-state index is 10.7. The van der Waals surface area contributed by atoms with Crippen molar-refractivity contribution in [3.63, 3.8) is 0 Å². The maximum Gasteiger partial charge on any atom is 0.307 e. The molecule has 0 spiro atoms. The Labute approximate surface area is 92.4 Å². The first-order valence-electron chi connectivity index (χ1n) is 4.70. The van der Waals surface area contributed by atoms with Crippen molar-refractivity contribution in [2.45, 2.75) is 30.1 Å². The fourth-order valence-electron chi connectivity index (χ4n) is 1.59. The van der Waals surface area contributed by atoms with E-state index < -0.39 is 5.97 Å². The van der Waals surface area contributed by atoms with Gasteiger partial charge in [0.15, 0.2) is 4.93 Å². The average molecular weight is 224 g/mol. The van der Waals surface area contributed by atoms with Gasteiger partial charge in [0.05, 0.1) is 11.3 Å². The topological polar surface area (TPSA) is 46.5 Å². The van der Waals surface area contributed by atoms with Crippen LogP contribution in [0.3, 0.4) is 0 Å². The minimum absolute atomic E-state index is 0.0137. The van der Waals surface area contributed by atoms with Gasteiger partial charge in [0.25, 0.3) is 0 Å². The molecule has 0 amide bonds. The van der Waals surface area contributed by atoms with Crippen LogP contribution in [0.15, 0.2) is 23.1 Å². The largest absolute Gasteiger partial charge is 0.481 e. The van der Waals surface area contributed by atoms with E-state index in [1.807, 2.05) is 26.0 Å². The molecule has 3 nitrogen and oxygen atoms in total. The van der Waals surface area contributed by atoms with Crippen molar-refractivity contribution in [1.82, 2.24) is 0 Å². The number of thioether (sulfide) groups is 1. The van der Waals surface area contributed by atoms with E-state index in [0.29, 0.717) is 0 Å². The third kappa shape index (κ3) is 2.09. The summed E-state index contributed by atoms with van der Waals surface area (Å²) >= 11 is 1.62. The molecule has 0 bridgehead atoms. The van der Waals surface area contributed by atoms with Gasteiger partial charge >= 0.3 is 5.97 Å². The lowest BCUT2D eigenvalue weighted by molar-refractivity contribution is -0.136. The summed E-state index contributed by atoms with van der Waals surface area (Å²) in [7, 11) is 0. The van der Waals surface area contributed by atoms with Gasteiger partial charge in [-0.15, -0.1) is 0 Å².